The second kappa shape index (κ2) is 8.39. The Morgan fingerprint density at radius 1 is 1.29 bits per heavy atom. The Kier molecular flexibility index (Phi) is 6.85. The lowest BCUT2D eigenvalue weighted by Crippen LogP contribution is -2.40. The van der Waals surface area contributed by atoms with Crippen LogP contribution in [-0.2, 0) is 23.9 Å². The van der Waals surface area contributed by atoms with Crippen molar-refractivity contribution in [2.75, 3.05) is 6.61 Å². The molecule has 0 radical (unpaired) electrons. The van der Waals surface area contributed by atoms with E-state index in [4.69, 9.17) is 4.74 Å². The summed E-state index contributed by atoms with van der Waals surface area (Å²) >= 11 is 0. The molecule has 0 fully saturated rings. The highest BCUT2D eigenvalue weighted by atomic mass is 16.6. The van der Waals surface area contributed by atoms with Crippen molar-refractivity contribution < 1.29 is 23.9 Å². The quantitative estimate of drug-likeness (QED) is 0.371. The van der Waals surface area contributed by atoms with Gasteiger partial charge in [-0.3, -0.25) is 14.4 Å². The van der Waals surface area contributed by atoms with Crippen molar-refractivity contribution in [3.8, 4) is 0 Å². The van der Waals surface area contributed by atoms with E-state index in [1.165, 1.54) is 6.92 Å². The molecule has 1 aliphatic carbocycles. The maximum atomic E-state index is 12.3. The summed E-state index contributed by atoms with van der Waals surface area (Å²) in [5.41, 5.74) is -0.487. The summed E-state index contributed by atoms with van der Waals surface area (Å²) in [6.07, 6.45) is 9.43. The van der Waals surface area contributed by atoms with Crippen molar-refractivity contribution in [3.05, 3.63) is 23.8 Å². The summed E-state index contributed by atoms with van der Waals surface area (Å²) in [4.78, 5) is 33.4. The van der Waals surface area contributed by atoms with E-state index in [2.05, 4.69) is 4.74 Å². The summed E-state index contributed by atoms with van der Waals surface area (Å²) in [5, 5.41) is 0. The fourth-order valence-corrected chi connectivity index (χ4v) is 2.30. The highest BCUT2D eigenvalue weighted by Crippen LogP contribution is 2.26. The predicted octanol–water partition coefficient (Wildman–Crippen LogP) is 2.50. The molecule has 0 aliphatic heterocycles. The summed E-state index contributed by atoms with van der Waals surface area (Å²) in [6.45, 7) is 3.80. The van der Waals surface area contributed by atoms with Crippen LogP contribution in [0.15, 0.2) is 23.8 Å². The number of carbonyl (C=O) groups excluding carboxylic acids is 3. The third kappa shape index (κ3) is 5.53. The molecule has 1 atom stereocenters. The molecule has 0 aromatic carbocycles. The molecule has 5 nitrogen and oxygen atoms in total. The van der Waals surface area contributed by atoms with E-state index >= 15 is 0 Å². The fraction of sp³-hybridized carbons (Fsp3) is 0.562. The lowest BCUT2D eigenvalue weighted by Gasteiger charge is -2.27. The third-order valence-corrected chi connectivity index (χ3v) is 3.34. The van der Waals surface area contributed by atoms with Gasteiger partial charge in [0, 0.05) is 6.92 Å². The van der Waals surface area contributed by atoms with Gasteiger partial charge in [-0.2, -0.15) is 0 Å². The van der Waals surface area contributed by atoms with Crippen molar-refractivity contribution in [3.63, 3.8) is 0 Å². The summed E-state index contributed by atoms with van der Waals surface area (Å²) in [6, 6.07) is 0. The molecule has 0 heterocycles. The van der Waals surface area contributed by atoms with Gasteiger partial charge in [-0.05, 0) is 37.8 Å². The van der Waals surface area contributed by atoms with Crippen LogP contribution in [0.4, 0.5) is 0 Å². The zero-order valence-electron chi connectivity index (χ0n) is 12.6. The van der Waals surface area contributed by atoms with E-state index in [9.17, 15) is 14.4 Å². The number of hydrogen-bond acceptors (Lipinski definition) is 5. The zero-order chi connectivity index (χ0) is 15.7. The van der Waals surface area contributed by atoms with E-state index < -0.39 is 11.6 Å². The van der Waals surface area contributed by atoms with Gasteiger partial charge >= 0.3 is 5.97 Å². The van der Waals surface area contributed by atoms with Crippen molar-refractivity contribution >= 4 is 18.2 Å². The topological polar surface area (TPSA) is 69.7 Å². The molecule has 0 bridgehead atoms. The number of carbonyl (C=O) groups is 3. The van der Waals surface area contributed by atoms with Crippen LogP contribution in [0.2, 0.25) is 0 Å². The normalized spacial score (nSPS) is 20.9. The van der Waals surface area contributed by atoms with Crippen LogP contribution in [0.25, 0.3) is 0 Å². The average Bonchev–Trinajstić information content (AvgIpc) is 2.41. The fourth-order valence-electron chi connectivity index (χ4n) is 2.30. The molecule has 1 rings (SSSR count). The third-order valence-electron chi connectivity index (χ3n) is 3.34. The first kappa shape index (κ1) is 17.1. The van der Waals surface area contributed by atoms with E-state index in [0.717, 1.165) is 25.7 Å². The molecule has 0 saturated carbocycles. The zero-order valence-corrected chi connectivity index (χ0v) is 12.6. The Balaban J connectivity index is 2.37. The highest BCUT2D eigenvalue weighted by Gasteiger charge is 2.37. The van der Waals surface area contributed by atoms with Crippen LogP contribution in [-0.4, -0.2) is 30.4 Å². The van der Waals surface area contributed by atoms with Crippen molar-refractivity contribution in [2.45, 2.75) is 51.6 Å². The van der Waals surface area contributed by atoms with Crippen LogP contribution in [0.3, 0.4) is 0 Å². The maximum absolute atomic E-state index is 12.3. The Morgan fingerprint density at radius 3 is 2.67 bits per heavy atom. The number of unbranched alkanes of at least 4 members (excludes halogenated alkanes) is 3. The predicted molar refractivity (Wildman–Crippen MR) is 77.5 cm³/mol. The molecule has 116 valence electrons. The molecule has 0 spiro atoms. The molecule has 1 aliphatic rings. The molecule has 0 aromatic rings. The van der Waals surface area contributed by atoms with Gasteiger partial charge in [0.15, 0.2) is 5.60 Å². The van der Waals surface area contributed by atoms with E-state index in [-0.39, 0.29) is 5.78 Å². The second-order valence-electron chi connectivity index (χ2n) is 5.21. The standard InChI is InChI=1S/C16H22O5/c1-13(18)21-16(2)10-7-9-14(15(16)19)8-5-3-4-6-11-20-12-17/h7,9-10,12H,3-6,8,11H2,1-2H3. The first-order chi connectivity index (χ1) is 9.99. The summed E-state index contributed by atoms with van der Waals surface area (Å²) in [7, 11) is 0. The van der Waals surface area contributed by atoms with Crippen molar-refractivity contribution in [1.29, 1.82) is 0 Å². The van der Waals surface area contributed by atoms with Crippen LogP contribution in [0.5, 0.6) is 0 Å². The molecule has 0 amide bonds. The first-order valence-corrected chi connectivity index (χ1v) is 7.17. The van der Waals surface area contributed by atoms with Gasteiger partial charge in [0.05, 0.1) is 6.61 Å². The Labute approximate surface area is 125 Å². The summed E-state index contributed by atoms with van der Waals surface area (Å²) in [5.74, 6) is -0.614. The largest absolute Gasteiger partial charge is 0.468 e. The second-order valence-corrected chi connectivity index (χ2v) is 5.21. The minimum Gasteiger partial charge on any atom is -0.468 e. The molecule has 0 aromatic heterocycles. The molecule has 0 N–H and O–H groups in total. The smallest absolute Gasteiger partial charge is 0.303 e. The van der Waals surface area contributed by atoms with E-state index in [1.807, 2.05) is 0 Å². The minimum atomic E-state index is -1.17. The summed E-state index contributed by atoms with van der Waals surface area (Å²) < 4.78 is 9.73. The number of ketones is 1. The first-order valence-electron chi connectivity index (χ1n) is 7.17. The van der Waals surface area contributed by atoms with Crippen LogP contribution >= 0.6 is 0 Å². The molecular formula is C16H22O5. The Hall–Kier alpha value is -1.91. The molecule has 5 heteroatoms. The van der Waals surface area contributed by atoms with Gasteiger partial charge in [0.1, 0.15) is 0 Å². The van der Waals surface area contributed by atoms with E-state index in [0.29, 0.717) is 25.1 Å². The number of ether oxygens (including phenoxy) is 2. The average molecular weight is 294 g/mol. The molecular weight excluding hydrogens is 272 g/mol. The number of allylic oxidation sites excluding steroid dienone is 2. The maximum Gasteiger partial charge on any atom is 0.303 e. The molecule has 21 heavy (non-hydrogen) atoms. The number of Topliss-reactive ketones (excluding diaryl/α,β-unsaturated/α-hetero) is 1. The number of hydrogen-bond donors (Lipinski definition) is 0. The Bertz CT molecular complexity index is 450. The van der Waals surface area contributed by atoms with Crippen LogP contribution < -0.4 is 0 Å². The van der Waals surface area contributed by atoms with Gasteiger partial charge in [-0.25, -0.2) is 0 Å². The molecule has 1 unspecified atom stereocenters. The molecule has 0 saturated heterocycles. The number of esters is 1. The lowest BCUT2D eigenvalue weighted by atomic mass is 9.87. The van der Waals surface area contributed by atoms with Crippen LogP contribution in [0, 0.1) is 0 Å². The van der Waals surface area contributed by atoms with Gasteiger partial charge in [-0.1, -0.05) is 25.0 Å². The lowest BCUT2D eigenvalue weighted by molar-refractivity contribution is -0.157. The SMILES string of the molecule is CC(=O)OC1(C)C=CC=C(CCCCCCOC=O)C1=O. The minimum absolute atomic E-state index is 0.149. The van der Waals surface area contributed by atoms with Crippen molar-refractivity contribution in [1.82, 2.24) is 0 Å². The van der Waals surface area contributed by atoms with Crippen LogP contribution in [0.1, 0.15) is 46.0 Å². The van der Waals surface area contributed by atoms with E-state index in [1.54, 1.807) is 25.2 Å². The highest BCUT2D eigenvalue weighted by molar-refractivity contribution is 6.05. The number of rotatable bonds is 9. The van der Waals surface area contributed by atoms with Crippen molar-refractivity contribution in [2.24, 2.45) is 0 Å². The monoisotopic (exact) mass is 294 g/mol. The van der Waals surface area contributed by atoms with Gasteiger partial charge in [-0.15, -0.1) is 0 Å². The van der Waals surface area contributed by atoms with Gasteiger partial charge in [0.25, 0.3) is 6.47 Å². The van der Waals surface area contributed by atoms with Gasteiger partial charge < -0.3 is 9.47 Å². The van der Waals surface area contributed by atoms with Gasteiger partial charge in [0.2, 0.25) is 5.78 Å². The Morgan fingerprint density at radius 2 is 2.00 bits per heavy atom.